The summed E-state index contributed by atoms with van der Waals surface area (Å²) in [4.78, 5) is 41.8. The number of aromatic carboxylic acids is 1. The van der Waals surface area contributed by atoms with Crippen LogP contribution in [0.3, 0.4) is 0 Å². The second kappa shape index (κ2) is 10.1. The summed E-state index contributed by atoms with van der Waals surface area (Å²) in [6.45, 7) is 3.93. The first-order valence-corrected chi connectivity index (χ1v) is 10.8. The molecule has 9 heteroatoms. The van der Waals surface area contributed by atoms with Crippen LogP contribution in [0.1, 0.15) is 36.2 Å². The van der Waals surface area contributed by atoms with Gasteiger partial charge in [-0.05, 0) is 61.0 Å². The van der Waals surface area contributed by atoms with Crippen LogP contribution in [0, 0.1) is 0 Å². The Morgan fingerprint density at radius 2 is 1.81 bits per heavy atom. The van der Waals surface area contributed by atoms with Crippen LogP contribution in [0.15, 0.2) is 58.4 Å². The molecule has 32 heavy (non-hydrogen) atoms. The van der Waals surface area contributed by atoms with E-state index in [9.17, 15) is 19.5 Å². The van der Waals surface area contributed by atoms with Crippen molar-refractivity contribution in [2.75, 3.05) is 6.54 Å². The summed E-state index contributed by atoms with van der Waals surface area (Å²) in [7, 11) is 0. The topological polar surface area (TPSA) is 117 Å². The third-order valence-electron chi connectivity index (χ3n) is 4.66. The molecule has 3 rings (SSSR count). The number of benzene rings is 2. The minimum atomic E-state index is -1.09. The first-order chi connectivity index (χ1) is 15.3. The van der Waals surface area contributed by atoms with Gasteiger partial charge in [-0.15, -0.1) is 0 Å². The van der Waals surface area contributed by atoms with Crippen molar-refractivity contribution in [3.05, 3.63) is 64.6 Å². The van der Waals surface area contributed by atoms with Crippen molar-refractivity contribution in [2.45, 2.75) is 26.4 Å². The smallest absolute Gasteiger partial charge is 0.344 e. The number of rotatable bonds is 8. The molecular weight excluding hydrogens is 432 g/mol. The Bertz CT molecular complexity index is 1090. The van der Waals surface area contributed by atoms with Crippen LogP contribution < -0.4 is 4.74 Å². The SMILES string of the molecule is CCC(Oc1ccc(/C=C2\SC(=Nc3ccccc3C(=O)O)N(CC)C2=O)cc1)C(=O)O. The van der Waals surface area contributed by atoms with Gasteiger partial charge >= 0.3 is 11.9 Å². The molecule has 0 bridgehead atoms. The number of likely N-dealkylation sites (N-methyl/N-ethyl adjacent to an activating group) is 1. The summed E-state index contributed by atoms with van der Waals surface area (Å²) >= 11 is 1.17. The molecule has 1 aliphatic rings. The van der Waals surface area contributed by atoms with E-state index in [2.05, 4.69) is 4.99 Å². The normalized spacial score (nSPS) is 17.1. The van der Waals surface area contributed by atoms with Crippen molar-refractivity contribution in [2.24, 2.45) is 4.99 Å². The van der Waals surface area contributed by atoms with Gasteiger partial charge < -0.3 is 14.9 Å². The predicted octanol–water partition coefficient (Wildman–Crippen LogP) is 4.25. The highest BCUT2D eigenvalue weighted by molar-refractivity contribution is 8.18. The molecule has 0 aliphatic carbocycles. The average molecular weight is 455 g/mol. The van der Waals surface area contributed by atoms with E-state index < -0.39 is 18.0 Å². The van der Waals surface area contributed by atoms with E-state index >= 15 is 0 Å². The largest absolute Gasteiger partial charge is 0.479 e. The van der Waals surface area contributed by atoms with Crippen molar-refractivity contribution in [3.63, 3.8) is 0 Å². The number of amidine groups is 1. The third-order valence-corrected chi connectivity index (χ3v) is 5.66. The van der Waals surface area contributed by atoms with Crippen molar-refractivity contribution in [1.29, 1.82) is 0 Å². The number of carboxylic acid groups (broad SMARTS) is 2. The van der Waals surface area contributed by atoms with Gasteiger partial charge in [0.1, 0.15) is 5.75 Å². The van der Waals surface area contributed by atoms with Crippen molar-refractivity contribution in [1.82, 2.24) is 4.90 Å². The first kappa shape index (κ1) is 23.1. The first-order valence-electron chi connectivity index (χ1n) is 9.96. The molecule has 8 nitrogen and oxygen atoms in total. The maximum Gasteiger partial charge on any atom is 0.344 e. The molecule has 1 heterocycles. The Morgan fingerprint density at radius 1 is 1.12 bits per heavy atom. The lowest BCUT2D eigenvalue weighted by Gasteiger charge is -2.13. The van der Waals surface area contributed by atoms with Gasteiger partial charge in [0.05, 0.1) is 16.2 Å². The molecule has 2 aromatic rings. The molecule has 1 fully saturated rings. The molecule has 1 aliphatic heterocycles. The number of amides is 1. The summed E-state index contributed by atoms with van der Waals surface area (Å²) in [6.07, 6.45) is 1.13. The molecule has 2 N–H and O–H groups in total. The second-order valence-corrected chi connectivity index (χ2v) is 7.81. The van der Waals surface area contributed by atoms with Crippen molar-refractivity contribution < 1.29 is 29.3 Å². The fourth-order valence-corrected chi connectivity index (χ4v) is 4.05. The number of aliphatic imine (C=N–C) groups is 1. The van der Waals surface area contributed by atoms with E-state index in [1.54, 1.807) is 55.5 Å². The number of para-hydroxylation sites is 1. The van der Waals surface area contributed by atoms with Crippen LogP contribution in [0.25, 0.3) is 6.08 Å². The Balaban J connectivity index is 1.84. The highest BCUT2D eigenvalue weighted by Gasteiger charge is 2.32. The molecule has 1 amide bonds. The molecule has 0 spiro atoms. The summed E-state index contributed by atoms with van der Waals surface area (Å²) in [5.41, 5.74) is 1.07. The lowest BCUT2D eigenvalue weighted by atomic mass is 10.2. The van der Waals surface area contributed by atoms with E-state index in [0.29, 0.717) is 28.8 Å². The molecule has 1 saturated heterocycles. The summed E-state index contributed by atoms with van der Waals surface area (Å²) < 4.78 is 5.45. The van der Waals surface area contributed by atoms with E-state index in [-0.39, 0.29) is 17.2 Å². The maximum absolute atomic E-state index is 12.8. The molecule has 2 aromatic carbocycles. The Hall–Kier alpha value is -3.59. The predicted molar refractivity (Wildman–Crippen MR) is 122 cm³/mol. The van der Waals surface area contributed by atoms with Crippen molar-refractivity contribution >= 4 is 46.5 Å². The van der Waals surface area contributed by atoms with Crippen molar-refractivity contribution in [3.8, 4) is 5.75 Å². The number of ether oxygens (including phenoxy) is 1. The number of carbonyl (C=O) groups excluding carboxylic acids is 1. The highest BCUT2D eigenvalue weighted by atomic mass is 32.2. The second-order valence-electron chi connectivity index (χ2n) is 6.80. The number of thioether (sulfide) groups is 1. The molecule has 166 valence electrons. The van der Waals surface area contributed by atoms with Gasteiger partial charge in [0.15, 0.2) is 11.3 Å². The van der Waals surface area contributed by atoms with Crippen LogP contribution >= 0.6 is 11.8 Å². The lowest BCUT2D eigenvalue weighted by Crippen LogP contribution is -2.28. The average Bonchev–Trinajstić information content (AvgIpc) is 3.06. The molecule has 0 aromatic heterocycles. The Morgan fingerprint density at radius 3 is 2.41 bits per heavy atom. The minimum absolute atomic E-state index is 0.0591. The summed E-state index contributed by atoms with van der Waals surface area (Å²) in [5, 5.41) is 18.9. The number of carbonyl (C=O) groups is 3. The van der Waals surface area contributed by atoms with Gasteiger partial charge in [0.25, 0.3) is 5.91 Å². The Kier molecular flexibility index (Phi) is 7.32. The molecule has 1 unspecified atom stereocenters. The van der Waals surface area contributed by atoms with Gasteiger partial charge in [-0.3, -0.25) is 9.69 Å². The maximum atomic E-state index is 12.8. The van der Waals surface area contributed by atoms with E-state index in [1.165, 1.54) is 22.7 Å². The van der Waals surface area contributed by atoms with Gasteiger partial charge in [-0.1, -0.05) is 31.2 Å². The zero-order chi connectivity index (χ0) is 23.3. The number of hydrogen-bond donors (Lipinski definition) is 2. The molecule has 1 atom stereocenters. The molecular formula is C23H22N2O6S. The van der Waals surface area contributed by atoms with Crippen LogP contribution in [0.5, 0.6) is 5.75 Å². The monoisotopic (exact) mass is 454 g/mol. The molecule has 0 radical (unpaired) electrons. The van der Waals surface area contributed by atoms with Gasteiger partial charge in [0, 0.05) is 6.54 Å². The lowest BCUT2D eigenvalue weighted by molar-refractivity contribution is -0.145. The number of aliphatic carboxylic acids is 1. The van der Waals surface area contributed by atoms with E-state index in [4.69, 9.17) is 9.84 Å². The van der Waals surface area contributed by atoms with E-state index in [0.717, 1.165) is 5.56 Å². The van der Waals surface area contributed by atoms with Crippen LogP contribution in [0.2, 0.25) is 0 Å². The quantitative estimate of drug-likeness (QED) is 0.573. The minimum Gasteiger partial charge on any atom is -0.479 e. The number of carboxylic acids is 2. The van der Waals surface area contributed by atoms with E-state index in [1.807, 2.05) is 6.92 Å². The fraction of sp³-hybridized carbons (Fsp3) is 0.217. The Labute approximate surface area is 189 Å². The van der Waals surface area contributed by atoms with Crippen LogP contribution in [-0.4, -0.2) is 50.8 Å². The third kappa shape index (κ3) is 5.17. The summed E-state index contributed by atoms with van der Waals surface area (Å²) in [6, 6.07) is 13.1. The summed E-state index contributed by atoms with van der Waals surface area (Å²) in [5.74, 6) is -1.91. The highest BCUT2D eigenvalue weighted by Crippen LogP contribution is 2.35. The van der Waals surface area contributed by atoms with Crippen LogP contribution in [-0.2, 0) is 9.59 Å². The van der Waals surface area contributed by atoms with Gasteiger partial charge in [0.2, 0.25) is 0 Å². The standard InChI is InChI=1S/C23H22N2O6S/c1-3-18(22(29)30)31-15-11-9-14(10-12-15)13-19-20(26)25(4-2)23(32-19)24-17-8-6-5-7-16(17)21(27)28/h5-13,18H,3-4H2,1-2H3,(H,27,28)(H,29,30)/b19-13-,24-23?. The zero-order valence-electron chi connectivity index (χ0n) is 17.5. The van der Waals surface area contributed by atoms with Crippen LogP contribution in [0.4, 0.5) is 5.69 Å². The number of nitrogens with zero attached hydrogens (tertiary/aromatic N) is 2. The fourth-order valence-electron chi connectivity index (χ4n) is 2.99. The zero-order valence-corrected chi connectivity index (χ0v) is 18.3. The molecule has 0 saturated carbocycles. The number of hydrogen-bond acceptors (Lipinski definition) is 6. The van der Waals surface area contributed by atoms with Gasteiger partial charge in [-0.25, -0.2) is 14.6 Å². The van der Waals surface area contributed by atoms with Gasteiger partial charge in [-0.2, -0.15) is 0 Å².